The Morgan fingerprint density at radius 1 is 1.10 bits per heavy atom. The lowest BCUT2D eigenvalue weighted by atomic mass is 10.1. The molecule has 0 radical (unpaired) electrons. The summed E-state index contributed by atoms with van der Waals surface area (Å²) in [6.45, 7) is 2.53. The molecule has 0 aliphatic carbocycles. The Morgan fingerprint density at radius 2 is 1.81 bits per heavy atom. The van der Waals surface area contributed by atoms with Gasteiger partial charge >= 0.3 is 5.97 Å². The number of likely N-dealkylation sites (N-methyl/N-ethyl adjacent to an activating group) is 1. The van der Waals surface area contributed by atoms with Crippen molar-refractivity contribution in [1.82, 2.24) is 4.90 Å². The maximum atomic E-state index is 12.3. The molecule has 0 bridgehead atoms. The van der Waals surface area contributed by atoms with Crippen LogP contribution in [0, 0.1) is 0 Å². The first-order chi connectivity index (χ1) is 14.9. The van der Waals surface area contributed by atoms with Gasteiger partial charge in [-0.25, -0.2) is 0 Å². The molecule has 1 amide bonds. The third-order valence-corrected chi connectivity index (χ3v) is 5.51. The van der Waals surface area contributed by atoms with Crippen molar-refractivity contribution in [3.05, 3.63) is 23.3 Å². The largest absolute Gasteiger partial charge is 0.469 e. The maximum absolute atomic E-state index is 12.3. The zero-order chi connectivity index (χ0) is 23.5. The summed E-state index contributed by atoms with van der Waals surface area (Å²) in [5, 5.41) is 9.94. The minimum atomic E-state index is -0.885. The number of unbranched alkanes of at least 4 members (excludes halogenated alkanes) is 4. The van der Waals surface area contributed by atoms with E-state index in [4.69, 9.17) is 16.3 Å². The molecule has 0 fully saturated rings. The molecule has 7 heteroatoms. The SMILES string of the molecule is CCCCCCC[C@@H](C/C=C/CCC(=O)N(C)C/C(=C\Cl)CC(O)CC(=O)OC)OC. The van der Waals surface area contributed by atoms with Crippen LogP contribution >= 0.6 is 11.6 Å². The van der Waals surface area contributed by atoms with Gasteiger partial charge < -0.3 is 19.5 Å². The quantitative estimate of drug-likeness (QED) is 0.177. The predicted octanol–water partition coefficient (Wildman–Crippen LogP) is 4.98. The molecule has 0 aromatic carbocycles. The number of ether oxygens (including phenoxy) is 2. The van der Waals surface area contributed by atoms with Crippen molar-refractivity contribution < 1.29 is 24.2 Å². The summed E-state index contributed by atoms with van der Waals surface area (Å²) in [7, 11) is 4.74. The topological polar surface area (TPSA) is 76.1 Å². The maximum Gasteiger partial charge on any atom is 0.308 e. The van der Waals surface area contributed by atoms with Gasteiger partial charge in [0.05, 0.1) is 25.7 Å². The van der Waals surface area contributed by atoms with E-state index in [1.807, 2.05) is 6.08 Å². The highest BCUT2D eigenvalue weighted by Crippen LogP contribution is 2.14. The zero-order valence-corrected chi connectivity index (χ0v) is 20.5. The average Bonchev–Trinajstić information content (AvgIpc) is 2.76. The van der Waals surface area contributed by atoms with E-state index in [-0.39, 0.29) is 24.9 Å². The lowest BCUT2D eigenvalue weighted by Gasteiger charge is -2.20. The van der Waals surface area contributed by atoms with Crippen LogP contribution in [0.15, 0.2) is 23.3 Å². The van der Waals surface area contributed by atoms with E-state index in [0.29, 0.717) is 25.0 Å². The molecule has 0 aliphatic rings. The number of aliphatic hydroxyl groups excluding tert-OH is 1. The number of carbonyl (C=O) groups excluding carboxylic acids is 2. The fourth-order valence-corrected chi connectivity index (χ4v) is 3.42. The standard InChI is InChI=1S/C24H42ClNO5/c1-5-6-7-8-10-13-22(30-3)14-11-9-12-15-23(28)26(2)19-20(18-25)16-21(27)17-24(29)31-4/h9,11,18,21-22,27H,5-8,10,12-17,19H2,1-4H3/b11-9+,20-18-/t21?,22-/m0/s1. The minimum Gasteiger partial charge on any atom is -0.469 e. The van der Waals surface area contributed by atoms with E-state index in [1.165, 1.54) is 44.7 Å². The van der Waals surface area contributed by atoms with Gasteiger partial charge in [-0.05, 0) is 31.3 Å². The second-order valence-electron chi connectivity index (χ2n) is 7.96. The van der Waals surface area contributed by atoms with Crippen LogP contribution < -0.4 is 0 Å². The van der Waals surface area contributed by atoms with Gasteiger partial charge in [-0.2, -0.15) is 0 Å². The van der Waals surface area contributed by atoms with Crippen LogP contribution in [0.4, 0.5) is 0 Å². The van der Waals surface area contributed by atoms with Crippen molar-refractivity contribution >= 4 is 23.5 Å². The summed E-state index contributed by atoms with van der Waals surface area (Å²) in [4.78, 5) is 25.2. The number of allylic oxidation sites excluding steroid dienone is 1. The number of amides is 1. The van der Waals surface area contributed by atoms with Gasteiger partial charge in [0.25, 0.3) is 0 Å². The third kappa shape index (κ3) is 16.0. The first kappa shape index (κ1) is 29.6. The molecule has 2 atom stereocenters. The molecular weight excluding hydrogens is 418 g/mol. The molecule has 6 nitrogen and oxygen atoms in total. The van der Waals surface area contributed by atoms with E-state index < -0.39 is 12.1 Å². The molecule has 0 saturated carbocycles. The Balaban J connectivity index is 4.18. The number of hydrogen-bond donors (Lipinski definition) is 1. The number of carbonyl (C=O) groups is 2. The molecular formula is C24H42ClNO5. The molecule has 0 spiro atoms. The molecule has 0 rings (SSSR count). The van der Waals surface area contributed by atoms with Crippen LogP contribution in [0.3, 0.4) is 0 Å². The summed E-state index contributed by atoms with van der Waals surface area (Å²) in [5.74, 6) is -0.479. The van der Waals surface area contributed by atoms with Crippen molar-refractivity contribution in [2.45, 2.75) is 89.8 Å². The Labute approximate surface area is 193 Å². The van der Waals surface area contributed by atoms with E-state index >= 15 is 0 Å². The predicted molar refractivity (Wildman–Crippen MR) is 126 cm³/mol. The minimum absolute atomic E-state index is 0.00217. The first-order valence-electron chi connectivity index (χ1n) is 11.3. The zero-order valence-electron chi connectivity index (χ0n) is 19.8. The summed E-state index contributed by atoms with van der Waals surface area (Å²) in [6.07, 6.45) is 12.9. The van der Waals surface area contributed by atoms with E-state index in [9.17, 15) is 14.7 Å². The van der Waals surface area contributed by atoms with Crippen LogP contribution in [0.5, 0.6) is 0 Å². The van der Waals surface area contributed by atoms with Crippen LogP contribution in [0.2, 0.25) is 0 Å². The second-order valence-corrected chi connectivity index (χ2v) is 8.18. The molecule has 31 heavy (non-hydrogen) atoms. The molecule has 1 unspecified atom stereocenters. The van der Waals surface area contributed by atoms with Gasteiger partial charge in [0, 0.05) is 32.7 Å². The first-order valence-corrected chi connectivity index (χ1v) is 11.8. The van der Waals surface area contributed by atoms with Crippen molar-refractivity contribution in [2.24, 2.45) is 0 Å². The van der Waals surface area contributed by atoms with Crippen molar-refractivity contribution in [1.29, 1.82) is 0 Å². The molecule has 0 aromatic heterocycles. The van der Waals surface area contributed by atoms with Gasteiger partial charge in [-0.15, -0.1) is 0 Å². The van der Waals surface area contributed by atoms with Crippen LogP contribution in [0.25, 0.3) is 0 Å². The van der Waals surface area contributed by atoms with Gasteiger partial charge in [0.2, 0.25) is 5.91 Å². The van der Waals surface area contributed by atoms with E-state index in [2.05, 4.69) is 17.7 Å². The molecule has 180 valence electrons. The van der Waals surface area contributed by atoms with E-state index in [1.54, 1.807) is 19.1 Å². The number of methoxy groups -OCH3 is 2. The normalized spacial score (nSPS) is 13.9. The Kier molecular flexibility index (Phi) is 18.5. The monoisotopic (exact) mass is 459 g/mol. The molecule has 0 saturated heterocycles. The Morgan fingerprint density at radius 3 is 2.42 bits per heavy atom. The van der Waals surface area contributed by atoms with Crippen LogP contribution in [0.1, 0.15) is 77.6 Å². The van der Waals surface area contributed by atoms with Crippen molar-refractivity contribution in [3.63, 3.8) is 0 Å². The van der Waals surface area contributed by atoms with Crippen molar-refractivity contribution in [2.75, 3.05) is 27.8 Å². The van der Waals surface area contributed by atoms with Crippen LogP contribution in [-0.4, -0.2) is 61.9 Å². The number of aliphatic hydroxyl groups is 1. The number of esters is 1. The lowest BCUT2D eigenvalue weighted by Crippen LogP contribution is -2.29. The fourth-order valence-electron chi connectivity index (χ4n) is 3.26. The number of halogens is 1. The van der Waals surface area contributed by atoms with Gasteiger partial charge in [0.1, 0.15) is 0 Å². The van der Waals surface area contributed by atoms with Gasteiger partial charge in [0.15, 0.2) is 0 Å². The van der Waals surface area contributed by atoms with Gasteiger partial charge in [-0.1, -0.05) is 62.8 Å². The number of rotatable bonds is 18. The lowest BCUT2D eigenvalue weighted by molar-refractivity contribution is -0.142. The fraction of sp³-hybridized carbons (Fsp3) is 0.750. The van der Waals surface area contributed by atoms with Crippen molar-refractivity contribution in [3.8, 4) is 0 Å². The smallest absolute Gasteiger partial charge is 0.308 e. The summed E-state index contributed by atoms with van der Waals surface area (Å²) < 4.78 is 10.1. The molecule has 0 heterocycles. The second kappa shape index (κ2) is 19.3. The summed E-state index contributed by atoms with van der Waals surface area (Å²) >= 11 is 5.83. The van der Waals surface area contributed by atoms with E-state index in [0.717, 1.165) is 12.8 Å². The number of nitrogens with zero attached hydrogens (tertiary/aromatic N) is 1. The van der Waals surface area contributed by atoms with Crippen LogP contribution in [-0.2, 0) is 19.1 Å². The Bertz CT molecular complexity index is 550. The molecule has 0 aromatic rings. The molecule has 1 N–H and O–H groups in total. The average molecular weight is 460 g/mol. The number of hydrogen-bond acceptors (Lipinski definition) is 5. The summed E-state index contributed by atoms with van der Waals surface area (Å²) in [6, 6.07) is 0. The Hall–Kier alpha value is -1.37. The highest BCUT2D eigenvalue weighted by molar-refractivity contribution is 6.25. The third-order valence-electron chi connectivity index (χ3n) is 5.20. The highest BCUT2D eigenvalue weighted by Gasteiger charge is 2.16. The van der Waals surface area contributed by atoms with Gasteiger partial charge in [-0.3, -0.25) is 9.59 Å². The molecule has 0 aliphatic heterocycles. The summed E-state index contributed by atoms with van der Waals surface area (Å²) in [5.41, 5.74) is 2.04. The highest BCUT2D eigenvalue weighted by atomic mass is 35.5.